The second kappa shape index (κ2) is 6.48. The molecule has 0 spiro atoms. The fraction of sp³-hybridized carbons (Fsp3) is 0.667. The fourth-order valence-electron chi connectivity index (χ4n) is 3.35. The van der Waals surface area contributed by atoms with Crippen molar-refractivity contribution in [1.29, 1.82) is 0 Å². The van der Waals surface area contributed by atoms with Crippen molar-refractivity contribution in [3.05, 3.63) is 18.2 Å². The van der Waals surface area contributed by atoms with Crippen LogP contribution < -0.4 is 5.32 Å². The Morgan fingerprint density at radius 2 is 2.18 bits per heavy atom. The first-order valence-corrected chi connectivity index (χ1v) is 8.04. The Labute approximate surface area is 130 Å². The van der Waals surface area contributed by atoms with Gasteiger partial charge in [0.25, 0.3) is 0 Å². The van der Waals surface area contributed by atoms with Gasteiger partial charge in [-0.3, -0.25) is 14.6 Å². The van der Waals surface area contributed by atoms with Gasteiger partial charge in [-0.15, -0.1) is 0 Å². The normalized spacial score (nSPS) is 23.1. The van der Waals surface area contributed by atoms with Gasteiger partial charge in [-0.1, -0.05) is 6.42 Å². The van der Waals surface area contributed by atoms with Crippen LogP contribution >= 0.6 is 0 Å². The lowest BCUT2D eigenvalue weighted by Crippen LogP contribution is -2.42. The van der Waals surface area contributed by atoms with E-state index in [0.717, 1.165) is 31.8 Å². The molecular weight excluding hydrogens is 282 g/mol. The molecule has 22 heavy (non-hydrogen) atoms. The average Bonchev–Trinajstić information content (AvgIpc) is 3.13. The first-order valence-electron chi connectivity index (χ1n) is 8.04. The fourth-order valence-corrected chi connectivity index (χ4v) is 3.35. The third-order valence-corrected chi connectivity index (χ3v) is 4.55. The number of piperidine rings is 1. The zero-order valence-corrected chi connectivity index (χ0v) is 13.0. The molecule has 2 aliphatic heterocycles. The summed E-state index contributed by atoms with van der Waals surface area (Å²) in [7, 11) is 0. The number of amides is 3. The molecule has 1 N–H and O–H groups in total. The molecule has 1 atom stereocenters. The van der Waals surface area contributed by atoms with Crippen LogP contribution in [0.1, 0.15) is 38.1 Å². The number of aromatic nitrogens is 2. The zero-order chi connectivity index (χ0) is 15.5. The summed E-state index contributed by atoms with van der Waals surface area (Å²) < 4.78 is 2.18. The summed E-state index contributed by atoms with van der Waals surface area (Å²) in [6.07, 6.45) is 7.30. The lowest BCUT2D eigenvalue weighted by molar-refractivity contribution is -0.125. The van der Waals surface area contributed by atoms with E-state index < -0.39 is 0 Å². The van der Waals surface area contributed by atoms with Gasteiger partial charge in [-0.25, -0.2) is 9.78 Å². The molecule has 0 aliphatic carbocycles. The number of nitrogens with one attached hydrogen (secondary N) is 1. The van der Waals surface area contributed by atoms with Crippen LogP contribution in [0.5, 0.6) is 0 Å². The van der Waals surface area contributed by atoms with Crippen molar-refractivity contribution >= 4 is 11.9 Å². The van der Waals surface area contributed by atoms with Crippen molar-refractivity contribution < 1.29 is 9.59 Å². The highest BCUT2D eigenvalue weighted by Crippen LogP contribution is 2.29. The van der Waals surface area contributed by atoms with Gasteiger partial charge < -0.3 is 9.88 Å². The number of imide groups is 1. The Hall–Kier alpha value is -1.89. The summed E-state index contributed by atoms with van der Waals surface area (Å²) in [5.41, 5.74) is 0. The molecule has 120 valence electrons. The van der Waals surface area contributed by atoms with Crippen LogP contribution in [0, 0.1) is 0 Å². The summed E-state index contributed by atoms with van der Waals surface area (Å²) >= 11 is 0. The minimum atomic E-state index is -0.270. The van der Waals surface area contributed by atoms with E-state index in [-0.39, 0.29) is 24.5 Å². The molecule has 0 saturated carbocycles. The number of carbonyl (C=O) groups excluding carboxylic acids is 2. The molecular formula is C15H23N5O2. The molecule has 3 amide bonds. The quantitative estimate of drug-likeness (QED) is 0.823. The maximum absolute atomic E-state index is 11.7. The number of nitrogens with zero attached hydrogens (tertiary/aromatic N) is 4. The van der Waals surface area contributed by atoms with Crippen molar-refractivity contribution in [2.75, 3.05) is 26.2 Å². The summed E-state index contributed by atoms with van der Waals surface area (Å²) in [6, 6.07) is 0.0121. The Kier molecular flexibility index (Phi) is 4.42. The second-order valence-corrected chi connectivity index (χ2v) is 5.82. The first kappa shape index (κ1) is 15.0. The van der Waals surface area contributed by atoms with E-state index in [0.29, 0.717) is 13.1 Å². The molecule has 3 rings (SSSR count). The van der Waals surface area contributed by atoms with E-state index >= 15 is 0 Å². The molecule has 1 unspecified atom stereocenters. The summed E-state index contributed by atoms with van der Waals surface area (Å²) in [4.78, 5) is 31.5. The number of imidazole rings is 1. The molecule has 1 aromatic rings. The third-order valence-electron chi connectivity index (χ3n) is 4.55. The van der Waals surface area contributed by atoms with Crippen molar-refractivity contribution in [3.8, 4) is 0 Å². The molecule has 1 aromatic heterocycles. The SMILES string of the molecule is CCn1ccnc1C1CCCCN1CCN1C(=O)CNC1=O. The topological polar surface area (TPSA) is 70.5 Å². The monoisotopic (exact) mass is 305 g/mol. The van der Waals surface area contributed by atoms with Crippen LogP contribution in [-0.4, -0.2) is 57.5 Å². The van der Waals surface area contributed by atoms with E-state index in [2.05, 4.69) is 26.7 Å². The van der Waals surface area contributed by atoms with Crippen molar-refractivity contribution in [2.24, 2.45) is 0 Å². The number of rotatable bonds is 5. The predicted octanol–water partition coefficient (Wildman–Crippen LogP) is 0.982. The van der Waals surface area contributed by atoms with Gasteiger partial charge in [0.05, 0.1) is 12.6 Å². The molecule has 0 bridgehead atoms. The Morgan fingerprint density at radius 1 is 1.32 bits per heavy atom. The minimum Gasteiger partial charge on any atom is -0.334 e. The largest absolute Gasteiger partial charge is 0.334 e. The number of urea groups is 1. The van der Waals surface area contributed by atoms with Crippen LogP contribution in [0.3, 0.4) is 0 Å². The smallest absolute Gasteiger partial charge is 0.324 e. The standard InChI is InChI=1S/C15H23N5O2/c1-2-18-8-6-16-14(18)12-5-3-4-7-19(12)9-10-20-13(21)11-17-15(20)22/h6,8,12H,2-5,7,9-11H2,1H3,(H,17,22). The maximum Gasteiger partial charge on any atom is 0.324 e. The molecule has 2 aliphatic rings. The number of aryl methyl sites for hydroxylation is 1. The zero-order valence-electron chi connectivity index (χ0n) is 13.0. The van der Waals surface area contributed by atoms with Gasteiger partial charge in [-0.05, 0) is 26.3 Å². The van der Waals surface area contributed by atoms with Crippen LogP contribution in [-0.2, 0) is 11.3 Å². The number of hydrogen-bond donors (Lipinski definition) is 1. The van der Waals surface area contributed by atoms with Gasteiger partial charge >= 0.3 is 6.03 Å². The third kappa shape index (κ3) is 2.85. The lowest BCUT2D eigenvalue weighted by Gasteiger charge is -2.36. The molecule has 3 heterocycles. The van der Waals surface area contributed by atoms with Gasteiger partial charge in [0.2, 0.25) is 5.91 Å². The minimum absolute atomic E-state index is 0.127. The van der Waals surface area contributed by atoms with Crippen molar-refractivity contribution in [2.45, 2.75) is 38.8 Å². The highest BCUT2D eigenvalue weighted by molar-refractivity contribution is 6.01. The summed E-state index contributed by atoms with van der Waals surface area (Å²) in [6.45, 7) is 5.31. The van der Waals surface area contributed by atoms with E-state index in [4.69, 9.17) is 0 Å². The second-order valence-electron chi connectivity index (χ2n) is 5.82. The van der Waals surface area contributed by atoms with Gasteiger partial charge in [0.1, 0.15) is 5.82 Å². The molecule has 7 nitrogen and oxygen atoms in total. The molecule has 0 radical (unpaired) electrons. The number of hydrogen-bond acceptors (Lipinski definition) is 4. The van der Waals surface area contributed by atoms with Crippen LogP contribution in [0.4, 0.5) is 4.79 Å². The Balaban J connectivity index is 1.68. The van der Waals surface area contributed by atoms with E-state index in [9.17, 15) is 9.59 Å². The van der Waals surface area contributed by atoms with Gasteiger partial charge in [-0.2, -0.15) is 0 Å². The van der Waals surface area contributed by atoms with Gasteiger partial charge in [0.15, 0.2) is 0 Å². The Morgan fingerprint density at radius 3 is 2.91 bits per heavy atom. The highest BCUT2D eigenvalue weighted by atomic mass is 16.2. The first-order chi connectivity index (χ1) is 10.7. The summed E-state index contributed by atoms with van der Waals surface area (Å²) in [5, 5.41) is 2.57. The van der Waals surface area contributed by atoms with Crippen LogP contribution in [0.15, 0.2) is 12.4 Å². The van der Waals surface area contributed by atoms with Crippen molar-refractivity contribution in [1.82, 2.24) is 24.7 Å². The molecule has 2 saturated heterocycles. The summed E-state index contributed by atoms with van der Waals surface area (Å²) in [5.74, 6) is 0.966. The molecule has 0 aromatic carbocycles. The average molecular weight is 305 g/mol. The number of carbonyl (C=O) groups is 2. The lowest BCUT2D eigenvalue weighted by atomic mass is 10.0. The van der Waals surface area contributed by atoms with E-state index in [1.165, 1.54) is 11.3 Å². The van der Waals surface area contributed by atoms with E-state index in [1.807, 2.05) is 12.4 Å². The molecule has 7 heteroatoms. The number of likely N-dealkylation sites (tertiary alicyclic amines) is 1. The Bertz CT molecular complexity index is 540. The van der Waals surface area contributed by atoms with Crippen LogP contribution in [0.25, 0.3) is 0 Å². The van der Waals surface area contributed by atoms with Crippen molar-refractivity contribution in [3.63, 3.8) is 0 Å². The van der Waals surface area contributed by atoms with Gasteiger partial charge in [0, 0.05) is 32.0 Å². The maximum atomic E-state index is 11.7. The van der Waals surface area contributed by atoms with Crippen LogP contribution in [0.2, 0.25) is 0 Å². The molecule has 2 fully saturated rings. The van der Waals surface area contributed by atoms with E-state index in [1.54, 1.807) is 0 Å². The highest BCUT2D eigenvalue weighted by Gasteiger charge is 2.31. The predicted molar refractivity (Wildman–Crippen MR) is 81.2 cm³/mol.